The number of piperidine rings is 1. The number of carbonyl (C=O) groups is 1. The van der Waals surface area contributed by atoms with E-state index < -0.39 is 5.97 Å². The molecule has 2 aromatic rings. The number of oxime groups is 1. The lowest BCUT2D eigenvalue weighted by Crippen LogP contribution is -2.40. The molecule has 0 aliphatic carbocycles. The minimum atomic E-state index is -0.719. The molecule has 3 rings (SSSR count). The summed E-state index contributed by atoms with van der Waals surface area (Å²) in [6, 6.07) is 11.3. The molecule has 0 saturated carbocycles. The topological polar surface area (TPSA) is 75.0 Å². The Morgan fingerprint density at radius 3 is 3.11 bits per heavy atom. The maximum Gasteiger partial charge on any atom is 0.307 e. The van der Waals surface area contributed by atoms with E-state index in [4.69, 9.17) is 21.5 Å². The fourth-order valence-electron chi connectivity index (χ4n) is 3.18. The molecule has 1 N–H and O–H groups in total. The molecule has 7 heteroatoms. The summed E-state index contributed by atoms with van der Waals surface area (Å²) >= 11 is 6.07. The van der Waals surface area contributed by atoms with Gasteiger partial charge in [0, 0.05) is 35.4 Å². The highest BCUT2D eigenvalue weighted by Gasteiger charge is 2.24. The van der Waals surface area contributed by atoms with Crippen LogP contribution in [-0.2, 0) is 9.63 Å². The lowest BCUT2D eigenvalue weighted by atomic mass is 9.98. The minimum Gasteiger partial charge on any atom is -0.481 e. The molecule has 1 atom stereocenters. The van der Waals surface area contributed by atoms with Gasteiger partial charge in [-0.2, -0.15) is 0 Å². The Labute approximate surface area is 163 Å². The summed E-state index contributed by atoms with van der Waals surface area (Å²) in [5.41, 5.74) is 2.54. The van der Waals surface area contributed by atoms with Crippen LogP contribution in [0.2, 0.25) is 5.02 Å². The van der Waals surface area contributed by atoms with E-state index in [0.717, 1.165) is 36.2 Å². The van der Waals surface area contributed by atoms with Crippen molar-refractivity contribution in [1.29, 1.82) is 0 Å². The first kappa shape index (κ1) is 19.3. The van der Waals surface area contributed by atoms with Crippen LogP contribution in [0.1, 0.15) is 18.4 Å². The van der Waals surface area contributed by atoms with Crippen molar-refractivity contribution in [3.8, 4) is 11.3 Å². The van der Waals surface area contributed by atoms with E-state index >= 15 is 0 Å². The molecular formula is C20H22ClN3O3. The summed E-state index contributed by atoms with van der Waals surface area (Å²) in [4.78, 5) is 23.0. The lowest BCUT2D eigenvalue weighted by Gasteiger charge is -2.29. The molecule has 0 spiro atoms. The third-order valence-corrected chi connectivity index (χ3v) is 4.79. The van der Waals surface area contributed by atoms with Gasteiger partial charge in [-0.15, -0.1) is 0 Å². The summed E-state index contributed by atoms with van der Waals surface area (Å²) < 4.78 is 0. The highest BCUT2D eigenvalue weighted by molar-refractivity contribution is 6.30. The van der Waals surface area contributed by atoms with Gasteiger partial charge in [-0.1, -0.05) is 28.9 Å². The number of carboxylic acids is 1. The van der Waals surface area contributed by atoms with Crippen molar-refractivity contribution >= 4 is 23.8 Å². The third kappa shape index (κ3) is 5.52. The Bertz CT molecular complexity index is 813. The van der Waals surface area contributed by atoms with E-state index in [1.807, 2.05) is 36.4 Å². The van der Waals surface area contributed by atoms with Crippen LogP contribution in [0.5, 0.6) is 0 Å². The molecule has 0 radical (unpaired) electrons. The molecule has 1 saturated heterocycles. The van der Waals surface area contributed by atoms with Crippen LogP contribution in [0.4, 0.5) is 0 Å². The van der Waals surface area contributed by atoms with Gasteiger partial charge in [0.2, 0.25) is 0 Å². The van der Waals surface area contributed by atoms with Crippen LogP contribution in [-0.4, -0.2) is 53.4 Å². The number of benzene rings is 1. The van der Waals surface area contributed by atoms with E-state index in [0.29, 0.717) is 24.7 Å². The second-order valence-electron chi connectivity index (χ2n) is 6.50. The molecule has 2 heterocycles. The van der Waals surface area contributed by atoms with Crippen LogP contribution < -0.4 is 0 Å². The van der Waals surface area contributed by atoms with E-state index in [-0.39, 0.29) is 5.92 Å². The first-order valence-corrected chi connectivity index (χ1v) is 9.33. The van der Waals surface area contributed by atoms with Gasteiger partial charge in [0.15, 0.2) is 0 Å². The maximum atomic E-state index is 11.1. The monoisotopic (exact) mass is 387 g/mol. The largest absolute Gasteiger partial charge is 0.481 e. The van der Waals surface area contributed by atoms with Crippen LogP contribution in [0, 0.1) is 5.92 Å². The highest BCUT2D eigenvalue weighted by atomic mass is 35.5. The second kappa shape index (κ2) is 9.48. The second-order valence-corrected chi connectivity index (χ2v) is 6.93. The Morgan fingerprint density at radius 2 is 2.30 bits per heavy atom. The molecule has 0 bridgehead atoms. The van der Waals surface area contributed by atoms with Crippen molar-refractivity contribution < 1.29 is 14.7 Å². The number of likely N-dealkylation sites (tertiary alicyclic amines) is 1. The van der Waals surface area contributed by atoms with E-state index in [1.165, 1.54) is 0 Å². The number of aromatic nitrogens is 1. The smallest absolute Gasteiger partial charge is 0.307 e. The first-order valence-electron chi connectivity index (χ1n) is 8.95. The van der Waals surface area contributed by atoms with Gasteiger partial charge in [0.1, 0.15) is 6.61 Å². The van der Waals surface area contributed by atoms with Gasteiger partial charge < -0.3 is 9.94 Å². The van der Waals surface area contributed by atoms with Crippen molar-refractivity contribution in [2.45, 2.75) is 12.8 Å². The first-order chi connectivity index (χ1) is 13.1. The Hall–Kier alpha value is -2.44. The van der Waals surface area contributed by atoms with Gasteiger partial charge in [0.25, 0.3) is 0 Å². The van der Waals surface area contributed by atoms with Gasteiger partial charge >= 0.3 is 5.97 Å². The fourth-order valence-corrected chi connectivity index (χ4v) is 3.37. The van der Waals surface area contributed by atoms with Crippen molar-refractivity contribution in [2.24, 2.45) is 11.1 Å². The van der Waals surface area contributed by atoms with Gasteiger partial charge in [-0.25, -0.2) is 0 Å². The van der Waals surface area contributed by atoms with Crippen LogP contribution in [0.15, 0.2) is 47.8 Å². The van der Waals surface area contributed by atoms with Crippen molar-refractivity contribution in [3.63, 3.8) is 0 Å². The van der Waals surface area contributed by atoms with Gasteiger partial charge in [0.05, 0.1) is 17.8 Å². The summed E-state index contributed by atoms with van der Waals surface area (Å²) in [6.45, 7) is 2.55. The molecule has 1 aliphatic rings. The molecule has 1 unspecified atom stereocenters. The molecule has 6 nitrogen and oxygen atoms in total. The Balaban J connectivity index is 1.54. The summed E-state index contributed by atoms with van der Waals surface area (Å²) in [7, 11) is 0. The molecule has 1 aromatic heterocycles. The average Bonchev–Trinajstić information content (AvgIpc) is 2.68. The number of hydrogen-bond donors (Lipinski definition) is 1. The molecule has 1 aromatic carbocycles. The fraction of sp³-hybridized carbons (Fsp3) is 0.350. The van der Waals surface area contributed by atoms with Gasteiger partial charge in [-0.3, -0.25) is 14.7 Å². The SMILES string of the molecule is O=C(O)C1CCCN(CCO/N=C/c2cccnc2-c2cccc(Cl)c2)C1. The van der Waals surface area contributed by atoms with Crippen LogP contribution >= 0.6 is 11.6 Å². The van der Waals surface area contributed by atoms with Crippen LogP contribution in [0.25, 0.3) is 11.3 Å². The van der Waals surface area contributed by atoms with E-state index in [2.05, 4.69) is 15.0 Å². The zero-order chi connectivity index (χ0) is 19.1. The minimum absolute atomic E-state index is 0.280. The van der Waals surface area contributed by atoms with Crippen molar-refractivity contribution in [3.05, 3.63) is 53.2 Å². The summed E-state index contributed by atoms with van der Waals surface area (Å²) in [5.74, 6) is -0.998. The quantitative estimate of drug-likeness (QED) is 0.446. The van der Waals surface area contributed by atoms with E-state index in [9.17, 15) is 4.79 Å². The molecule has 142 valence electrons. The lowest BCUT2D eigenvalue weighted by molar-refractivity contribution is -0.143. The molecular weight excluding hydrogens is 366 g/mol. The van der Waals surface area contributed by atoms with Gasteiger partial charge in [-0.05, 0) is 43.7 Å². The standard InChI is InChI=1S/C20H22ClN3O3/c21-18-7-1-4-15(12-18)19-16(5-2-8-22-19)13-23-27-11-10-24-9-3-6-17(14-24)20(25)26/h1-2,4-5,7-8,12-13,17H,3,6,9-11,14H2,(H,25,26)/b23-13+. The zero-order valence-corrected chi connectivity index (χ0v) is 15.7. The normalized spacial score (nSPS) is 17.9. The predicted molar refractivity (Wildman–Crippen MR) is 105 cm³/mol. The number of hydrogen-bond acceptors (Lipinski definition) is 5. The summed E-state index contributed by atoms with van der Waals surface area (Å²) in [5, 5.41) is 13.8. The number of rotatable bonds is 7. The summed E-state index contributed by atoms with van der Waals surface area (Å²) in [6.07, 6.45) is 5.01. The number of nitrogens with zero attached hydrogens (tertiary/aromatic N) is 3. The van der Waals surface area contributed by atoms with Crippen molar-refractivity contribution in [2.75, 3.05) is 26.2 Å². The average molecular weight is 388 g/mol. The highest BCUT2D eigenvalue weighted by Crippen LogP contribution is 2.23. The number of aliphatic carboxylic acids is 1. The molecule has 0 amide bonds. The number of halogens is 1. The Kier molecular flexibility index (Phi) is 6.79. The molecule has 1 aliphatic heterocycles. The van der Waals surface area contributed by atoms with Crippen LogP contribution in [0.3, 0.4) is 0 Å². The Morgan fingerprint density at radius 1 is 1.41 bits per heavy atom. The number of carboxylic acid groups (broad SMARTS) is 1. The zero-order valence-electron chi connectivity index (χ0n) is 14.9. The predicted octanol–water partition coefficient (Wildman–Crippen LogP) is 3.55. The molecule has 27 heavy (non-hydrogen) atoms. The van der Waals surface area contributed by atoms with E-state index in [1.54, 1.807) is 12.4 Å². The maximum absolute atomic E-state index is 11.1. The number of pyridine rings is 1. The third-order valence-electron chi connectivity index (χ3n) is 4.56. The molecule has 1 fully saturated rings. The van der Waals surface area contributed by atoms with Crippen molar-refractivity contribution in [1.82, 2.24) is 9.88 Å².